The molecule has 6 atom stereocenters. The van der Waals surface area contributed by atoms with Crippen molar-refractivity contribution in [2.75, 3.05) is 7.11 Å². The molecule has 0 aromatic heterocycles. The lowest BCUT2D eigenvalue weighted by molar-refractivity contribution is -0.141. The second kappa shape index (κ2) is 11.5. The van der Waals surface area contributed by atoms with Gasteiger partial charge in [-0.2, -0.15) is 0 Å². The molecule has 0 radical (unpaired) electrons. The Labute approximate surface area is 247 Å². The number of hydrogen-bond donors (Lipinski definition) is 1. The molecule has 0 saturated heterocycles. The van der Waals surface area contributed by atoms with Gasteiger partial charge in [-0.15, -0.1) is 0 Å². The second-order valence-corrected chi connectivity index (χ2v) is 14.8. The van der Waals surface area contributed by atoms with E-state index in [9.17, 15) is 14.4 Å². The van der Waals surface area contributed by atoms with Gasteiger partial charge in [0, 0.05) is 23.6 Å². The Balaban J connectivity index is 1.23. The van der Waals surface area contributed by atoms with Crippen molar-refractivity contribution in [1.29, 1.82) is 0 Å². The zero-order chi connectivity index (χ0) is 28.8. The van der Waals surface area contributed by atoms with Crippen molar-refractivity contribution in [3.8, 4) is 0 Å². The molecule has 6 aliphatic carbocycles. The van der Waals surface area contributed by atoms with E-state index in [1.54, 1.807) is 4.90 Å². The van der Waals surface area contributed by atoms with E-state index in [-0.39, 0.29) is 46.7 Å². The summed E-state index contributed by atoms with van der Waals surface area (Å²) in [6.45, 7) is 4.81. The molecule has 0 unspecified atom stereocenters. The van der Waals surface area contributed by atoms with Crippen LogP contribution in [0.25, 0.3) is 0 Å². The van der Waals surface area contributed by atoms with Crippen molar-refractivity contribution in [2.24, 2.45) is 34.5 Å². The molecule has 0 bridgehead atoms. The molecule has 4 saturated carbocycles. The summed E-state index contributed by atoms with van der Waals surface area (Å²) >= 11 is 0. The Hall–Kier alpha value is -2.11. The number of imide groups is 1. The standard InChI is InChI=1S/C35H52N2O4/c1-34-20-18-23(32(39)41-3)22-24(34)14-15-27-28-16-17-30(35(28,2)21-19-29(27)34)31(38)37(26-12-8-5-9-13-26)33(40)36-25-10-6-4-7-11-25/h14,22,25-30H,4-13,15-21H2,1-3H3,(H,36,40)/t27-,28-,29-,30+,34-,35-/m0/s1. The zero-order valence-corrected chi connectivity index (χ0v) is 25.7. The van der Waals surface area contributed by atoms with Crippen LogP contribution in [0.3, 0.4) is 0 Å². The molecule has 0 aromatic carbocycles. The van der Waals surface area contributed by atoms with Gasteiger partial charge in [0.25, 0.3) is 0 Å². The lowest BCUT2D eigenvalue weighted by atomic mass is 9.48. The first-order valence-corrected chi connectivity index (χ1v) is 16.9. The molecule has 6 aliphatic rings. The molecular formula is C35H52N2O4. The highest BCUT2D eigenvalue weighted by atomic mass is 16.5. The Bertz CT molecular complexity index is 1100. The minimum atomic E-state index is -0.196. The quantitative estimate of drug-likeness (QED) is 0.359. The van der Waals surface area contributed by atoms with Crippen molar-refractivity contribution in [3.05, 3.63) is 23.3 Å². The van der Waals surface area contributed by atoms with E-state index in [1.165, 1.54) is 38.4 Å². The first kappa shape index (κ1) is 29.0. The number of urea groups is 1. The maximum atomic E-state index is 14.6. The fraction of sp³-hybridized carbons (Fsp3) is 0.800. The number of esters is 1. The molecule has 0 aliphatic heterocycles. The average Bonchev–Trinajstić information content (AvgIpc) is 3.34. The van der Waals surface area contributed by atoms with Gasteiger partial charge in [0.2, 0.25) is 5.91 Å². The maximum Gasteiger partial charge on any atom is 0.333 e. The Morgan fingerprint density at radius 3 is 2.29 bits per heavy atom. The molecule has 6 rings (SSSR count). The normalized spacial score (nSPS) is 37.5. The van der Waals surface area contributed by atoms with Gasteiger partial charge in [-0.3, -0.25) is 9.69 Å². The van der Waals surface area contributed by atoms with Crippen LogP contribution in [0.1, 0.15) is 123 Å². The molecule has 6 heteroatoms. The number of amides is 3. The summed E-state index contributed by atoms with van der Waals surface area (Å²) in [5.41, 5.74) is 2.15. The van der Waals surface area contributed by atoms with Crippen LogP contribution in [-0.2, 0) is 14.3 Å². The van der Waals surface area contributed by atoms with Crippen LogP contribution in [0.2, 0.25) is 0 Å². The maximum absolute atomic E-state index is 14.6. The summed E-state index contributed by atoms with van der Waals surface area (Å²) in [5.74, 6) is 1.50. The van der Waals surface area contributed by atoms with Gasteiger partial charge in [-0.1, -0.05) is 58.4 Å². The number of ether oxygens (including phenoxy) is 1. The predicted octanol–water partition coefficient (Wildman–Crippen LogP) is 7.48. The number of fused-ring (bicyclic) bond motifs is 5. The number of carbonyl (C=O) groups excluding carboxylic acids is 3. The van der Waals surface area contributed by atoms with Crippen LogP contribution in [-0.4, -0.2) is 42.0 Å². The number of hydrogen-bond acceptors (Lipinski definition) is 4. The number of carbonyl (C=O) groups is 3. The lowest BCUT2D eigenvalue weighted by Gasteiger charge is -2.57. The molecular weight excluding hydrogens is 512 g/mol. The number of nitrogens with zero attached hydrogens (tertiary/aromatic N) is 1. The van der Waals surface area contributed by atoms with E-state index in [0.29, 0.717) is 17.8 Å². The van der Waals surface area contributed by atoms with Crippen LogP contribution < -0.4 is 5.32 Å². The highest BCUT2D eigenvalue weighted by Gasteiger charge is 2.60. The highest BCUT2D eigenvalue weighted by Crippen LogP contribution is 2.66. The van der Waals surface area contributed by atoms with E-state index in [2.05, 4.69) is 31.3 Å². The van der Waals surface area contributed by atoms with Crippen molar-refractivity contribution >= 4 is 17.9 Å². The van der Waals surface area contributed by atoms with Crippen LogP contribution in [0.5, 0.6) is 0 Å². The van der Waals surface area contributed by atoms with Crippen LogP contribution in [0, 0.1) is 34.5 Å². The fourth-order valence-corrected chi connectivity index (χ4v) is 10.5. The van der Waals surface area contributed by atoms with Crippen molar-refractivity contribution in [2.45, 2.75) is 135 Å². The topological polar surface area (TPSA) is 75.7 Å². The van der Waals surface area contributed by atoms with E-state index in [0.717, 1.165) is 89.0 Å². The van der Waals surface area contributed by atoms with Crippen LogP contribution in [0.15, 0.2) is 23.3 Å². The molecule has 6 nitrogen and oxygen atoms in total. The van der Waals surface area contributed by atoms with Gasteiger partial charge in [0.15, 0.2) is 0 Å². The van der Waals surface area contributed by atoms with E-state index in [4.69, 9.17) is 4.74 Å². The van der Waals surface area contributed by atoms with Gasteiger partial charge >= 0.3 is 12.0 Å². The lowest BCUT2D eigenvalue weighted by Crippen LogP contribution is -2.57. The highest BCUT2D eigenvalue weighted by molar-refractivity contribution is 5.96. The first-order valence-electron chi connectivity index (χ1n) is 16.9. The number of methoxy groups -OCH3 is 1. The summed E-state index contributed by atoms with van der Waals surface area (Å²) in [6, 6.07) is 0.157. The Morgan fingerprint density at radius 1 is 0.878 bits per heavy atom. The smallest absolute Gasteiger partial charge is 0.333 e. The predicted molar refractivity (Wildman–Crippen MR) is 160 cm³/mol. The first-order chi connectivity index (χ1) is 19.8. The summed E-state index contributed by atoms with van der Waals surface area (Å²) in [7, 11) is 1.47. The van der Waals surface area contributed by atoms with Gasteiger partial charge in [0.05, 0.1) is 7.11 Å². The minimum Gasteiger partial charge on any atom is -0.466 e. The summed E-state index contributed by atoms with van der Waals surface area (Å²) in [6.07, 6.45) is 22.5. The average molecular weight is 565 g/mol. The number of allylic oxidation sites excluding steroid dienone is 3. The van der Waals surface area contributed by atoms with Crippen molar-refractivity contribution < 1.29 is 19.1 Å². The molecule has 0 spiro atoms. The number of rotatable bonds is 4. The van der Waals surface area contributed by atoms with Crippen LogP contribution in [0.4, 0.5) is 4.79 Å². The molecule has 0 heterocycles. The fourth-order valence-electron chi connectivity index (χ4n) is 10.5. The van der Waals surface area contributed by atoms with Gasteiger partial charge in [-0.05, 0) is 111 Å². The minimum absolute atomic E-state index is 0.0518. The Morgan fingerprint density at radius 2 is 1.59 bits per heavy atom. The third-order valence-corrected chi connectivity index (χ3v) is 12.8. The monoisotopic (exact) mass is 564 g/mol. The number of nitrogens with one attached hydrogen (secondary N) is 1. The van der Waals surface area contributed by atoms with Crippen molar-refractivity contribution in [3.63, 3.8) is 0 Å². The summed E-state index contributed by atoms with van der Waals surface area (Å²) < 4.78 is 5.04. The van der Waals surface area contributed by atoms with Gasteiger partial charge in [0.1, 0.15) is 0 Å². The largest absolute Gasteiger partial charge is 0.466 e. The van der Waals surface area contributed by atoms with Crippen molar-refractivity contribution in [1.82, 2.24) is 10.2 Å². The third-order valence-electron chi connectivity index (χ3n) is 12.8. The van der Waals surface area contributed by atoms with Gasteiger partial charge in [-0.25, -0.2) is 9.59 Å². The zero-order valence-electron chi connectivity index (χ0n) is 25.7. The van der Waals surface area contributed by atoms with E-state index < -0.39 is 0 Å². The third kappa shape index (κ3) is 5.09. The SMILES string of the molecule is COC(=O)C1=CC2=CC[C@H]3[C@@H]4CC[C@H](C(=O)N(C(=O)NC5CCCCC5)C5CCCCC5)[C@@]4(C)CC[C@@H]3[C@@]2(C)CC1. The van der Waals surface area contributed by atoms with E-state index >= 15 is 0 Å². The van der Waals surface area contributed by atoms with Gasteiger partial charge < -0.3 is 10.1 Å². The molecule has 1 N–H and O–H groups in total. The molecule has 41 heavy (non-hydrogen) atoms. The molecule has 0 aromatic rings. The van der Waals surface area contributed by atoms with Crippen LogP contribution >= 0.6 is 0 Å². The molecule has 3 amide bonds. The molecule has 4 fully saturated rings. The van der Waals surface area contributed by atoms with E-state index in [1.807, 2.05) is 0 Å². The Kier molecular flexibility index (Phi) is 8.15. The second-order valence-electron chi connectivity index (χ2n) is 14.8. The molecule has 226 valence electrons. The summed E-state index contributed by atoms with van der Waals surface area (Å²) in [5, 5.41) is 3.32. The summed E-state index contributed by atoms with van der Waals surface area (Å²) in [4.78, 5) is 42.4.